The van der Waals surface area contributed by atoms with Crippen molar-refractivity contribution in [2.75, 3.05) is 12.4 Å². The van der Waals surface area contributed by atoms with Gasteiger partial charge in [-0.15, -0.1) is 11.3 Å². The predicted molar refractivity (Wildman–Crippen MR) is 113 cm³/mol. The molecular formula is C22H18ClNO3S. The van der Waals surface area contributed by atoms with Gasteiger partial charge in [-0.3, -0.25) is 9.59 Å². The fraction of sp³-hybridized carbons (Fsp3) is 0.182. The number of benzene rings is 2. The first-order valence-electron chi connectivity index (χ1n) is 8.76. The number of hydrogen-bond acceptors (Lipinski definition) is 4. The van der Waals surface area contributed by atoms with Gasteiger partial charge in [0.1, 0.15) is 20.5 Å². The van der Waals surface area contributed by atoms with Crippen molar-refractivity contribution >= 4 is 39.6 Å². The third-order valence-electron chi connectivity index (χ3n) is 5.18. The average molecular weight is 412 g/mol. The lowest BCUT2D eigenvalue weighted by Gasteiger charge is -2.32. The highest BCUT2D eigenvalue weighted by atomic mass is 35.5. The number of methoxy groups -OCH3 is 1. The Bertz CT molecular complexity index is 1120. The Morgan fingerprint density at radius 1 is 1.07 bits per heavy atom. The number of thiophene rings is 1. The van der Waals surface area contributed by atoms with Gasteiger partial charge in [0.25, 0.3) is 0 Å². The Morgan fingerprint density at radius 2 is 1.82 bits per heavy atom. The van der Waals surface area contributed by atoms with Crippen molar-refractivity contribution in [3.05, 3.63) is 69.6 Å². The minimum atomic E-state index is -1.32. The van der Waals surface area contributed by atoms with Gasteiger partial charge in [-0.05, 0) is 37.1 Å². The van der Waals surface area contributed by atoms with Crippen molar-refractivity contribution in [1.82, 2.24) is 0 Å². The number of anilines is 1. The molecule has 0 spiro atoms. The highest BCUT2D eigenvalue weighted by Gasteiger charge is 2.49. The maximum absolute atomic E-state index is 13.7. The molecule has 1 atom stereocenters. The number of amides is 1. The van der Waals surface area contributed by atoms with Gasteiger partial charge in [-0.25, -0.2) is 0 Å². The number of ether oxygens (including phenoxy) is 1. The molecule has 4 nitrogen and oxygen atoms in total. The minimum Gasteiger partial charge on any atom is -0.497 e. The number of ketones is 1. The van der Waals surface area contributed by atoms with Gasteiger partial charge in [0.15, 0.2) is 5.78 Å². The summed E-state index contributed by atoms with van der Waals surface area (Å²) in [5.41, 5.74) is 2.19. The number of fused-ring (bicyclic) bond motifs is 1. The largest absolute Gasteiger partial charge is 0.497 e. The molecule has 0 bridgehead atoms. The Hall–Kier alpha value is -2.63. The summed E-state index contributed by atoms with van der Waals surface area (Å²) in [6.07, 6.45) is 0. The van der Waals surface area contributed by atoms with Gasteiger partial charge < -0.3 is 10.1 Å². The predicted octanol–water partition coefficient (Wildman–Crippen LogP) is 5.48. The van der Waals surface area contributed by atoms with Gasteiger partial charge in [-0.1, -0.05) is 53.6 Å². The Labute approximate surface area is 172 Å². The first-order chi connectivity index (χ1) is 13.4. The van der Waals surface area contributed by atoms with Crippen LogP contribution in [0.25, 0.3) is 11.1 Å². The molecule has 142 valence electrons. The zero-order chi connectivity index (χ0) is 20.1. The van der Waals surface area contributed by atoms with Crippen LogP contribution < -0.4 is 10.1 Å². The summed E-state index contributed by atoms with van der Waals surface area (Å²) in [5.74, 6) is 0.0748. The van der Waals surface area contributed by atoms with Gasteiger partial charge in [0.2, 0.25) is 5.91 Å². The Morgan fingerprint density at radius 3 is 2.54 bits per heavy atom. The van der Waals surface area contributed by atoms with E-state index < -0.39 is 5.41 Å². The molecule has 1 aliphatic rings. The quantitative estimate of drug-likeness (QED) is 0.581. The Kier molecular flexibility index (Phi) is 4.52. The van der Waals surface area contributed by atoms with Crippen molar-refractivity contribution in [3.63, 3.8) is 0 Å². The summed E-state index contributed by atoms with van der Waals surface area (Å²) >= 11 is 7.72. The zero-order valence-corrected chi connectivity index (χ0v) is 17.2. The number of halogens is 1. The average Bonchev–Trinajstić information content (AvgIpc) is 3.01. The van der Waals surface area contributed by atoms with Crippen LogP contribution in [0.4, 0.5) is 5.00 Å². The number of carbonyl (C=O) groups excluding carboxylic acids is 2. The van der Waals surface area contributed by atoms with Crippen LogP contribution in [0.2, 0.25) is 4.34 Å². The molecule has 1 aliphatic heterocycles. The van der Waals surface area contributed by atoms with E-state index in [2.05, 4.69) is 5.32 Å². The van der Waals surface area contributed by atoms with Crippen molar-refractivity contribution in [1.29, 1.82) is 0 Å². The van der Waals surface area contributed by atoms with Crippen LogP contribution in [0.15, 0.2) is 48.5 Å². The number of carbonyl (C=O) groups is 2. The highest BCUT2D eigenvalue weighted by Crippen LogP contribution is 2.49. The van der Waals surface area contributed by atoms with E-state index in [-0.39, 0.29) is 11.7 Å². The van der Waals surface area contributed by atoms with Gasteiger partial charge in [-0.2, -0.15) is 0 Å². The van der Waals surface area contributed by atoms with Crippen LogP contribution in [0.3, 0.4) is 0 Å². The zero-order valence-electron chi connectivity index (χ0n) is 15.6. The number of rotatable bonds is 3. The molecular weight excluding hydrogens is 394 g/mol. The normalized spacial score (nSPS) is 18.6. The molecule has 1 amide bonds. The number of hydrogen-bond donors (Lipinski definition) is 1. The summed E-state index contributed by atoms with van der Waals surface area (Å²) in [7, 11) is 1.59. The van der Waals surface area contributed by atoms with Crippen LogP contribution >= 0.6 is 22.9 Å². The molecule has 6 heteroatoms. The van der Waals surface area contributed by atoms with Gasteiger partial charge in [0.05, 0.1) is 12.7 Å². The topological polar surface area (TPSA) is 55.4 Å². The lowest BCUT2D eigenvalue weighted by atomic mass is 9.72. The maximum Gasteiger partial charge on any atom is 0.243 e. The lowest BCUT2D eigenvalue weighted by molar-refractivity contribution is -0.119. The lowest BCUT2D eigenvalue weighted by Crippen LogP contribution is -2.48. The second-order valence-electron chi connectivity index (χ2n) is 6.96. The monoisotopic (exact) mass is 411 g/mol. The van der Waals surface area contributed by atoms with E-state index in [1.165, 1.54) is 11.3 Å². The number of aryl methyl sites for hydroxylation is 1. The molecule has 1 aromatic heterocycles. The van der Waals surface area contributed by atoms with Crippen LogP contribution in [0, 0.1) is 6.92 Å². The summed E-state index contributed by atoms with van der Waals surface area (Å²) in [4.78, 5) is 26.6. The first-order valence-corrected chi connectivity index (χ1v) is 9.96. The molecule has 2 aromatic carbocycles. The summed E-state index contributed by atoms with van der Waals surface area (Å²) in [6, 6.07) is 14.9. The molecule has 0 aliphatic carbocycles. The van der Waals surface area contributed by atoms with Crippen LogP contribution in [-0.4, -0.2) is 18.8 Å². The van der Waals surface area contributed by atoms with E-state index in [0.717, 1.165) is 11.1 Å². The van der Waals surface area contributed by atoms with E-state index in [1.54, 1.807) is 14.0 Å². The molecule has 2 heterocycles. The fourth-order valence-electron chi connectivity index (χ4n) is 3.54. The molecule has 0 saturated heterocycles. The van der Waals surface area contributed by atoms with Crippen LogP contribution in [0.5, 0.6) is 5.75 Å². The summed E-state index contributed by atoms with van der Waals surface area (Å²) in [5, 5.41) is 3.39. The van der Waals surface area contributed by atoms with Crippen molar-refractivity contribution in [2.24, 2.45) is 0 Å². The Balaban J connectivity index is 1.93. The molecule has 0 fully saturated rings. The molecule has 3 aromatic rings. The summed E-state index contributed by atoms with van der Waals surface area (Å²) in [6.45, 7) is 3.61. The minimum absolute atomic E-state index is 0.252. The second kappa shape index (κ2) is 6.76. The fourth-order valence-corrected chi connectivity index (χ4v) is 4.92. The van der Waals surface area contributed by atoms with E-state index in [9.17, 15) is 9.59 Å². The van der Waals surface area contributed by atoms with E-state index in [4.69, 9.17) is 16.3 Å². The van der Waals surface area contributed by atoms with E-state index in [0.29, 0.717) is 31.8 Å². The maximum atomic E-state index is 13.7. The summed E-state index contributed by atoms with van der Waals surface area (Å²) < 4.78 is 5.77. The highest BCUT2D eigenvalue weighted by molar-refractivity contribution is 7.21. The van der Waals surface area contributed by atoms with Gasteiger partial charge >= 0.3 is 0 Å². The SMILES string of the molecule is COc1cccc(-c2c(Cl)sc3c2C(=O)C(C)(c2cccc(C)c2)C(=O)N3)c1. The molecule has 4 rings (SSSR count). The molecule has 28 heavy (non-hydrogen) atoms. The van der Waals surface area contributed by atoms with E-state index in [1.807, 2.05) is 55.5 Å². The van der Waals surface area contributed by atoms with E-state index >= 15 is 0 Å². The molecule has 0 radical (unpaired) electrons. The van der Waals surface area contributed by atoms with Crippen LogP contribution in [0.1, 0.15) is 28.4 Å². The van der Waals surface area contributed by atoms with Gasteiger partial charge in [0, 0.05) is 5.56 Å². The van der Waals surface area contributed by atoms with Crippen molar-refractivity contribution < 1.29 is 14.3 Å². The molecule has 1 unspecified atom stereocenters. The van der Waals surface area contributed by atoms with Crippen LogP contribution in [-0.2, 0) is 10.2 Å². The molecule has 1 N–H and O–H groups in total. The molecule has 0 saturated carbocycles. The number of Topliss-reactive ketones (excluding diaryl/α,β-unsaturated/α-hetero) is 1. The number of nitrogens with one attached hydrogen (secondary N) is 1. The van der Waals surface area contributed by atoms with Crippen molar-refractivity contribution in [2.45, 2.75) is 19.3 Å². The smallest absolute Gasteiger partial charge is 0.243 e. The van der Waals surface area contributed by atoms with Crippen molar-refractivity contribution in [3.8, 4) is 16.9 Å². The standard InChI is InChI=1S/C22H18ClNO3S/c1-12-6-4-8-14(10-12)22(2)18(25)17-16(13-7-5-9-15(11-13)27-3)19(23)28-20(17)24-21(22)26/h4-11H,1-3H3,(H,24,26). The third-order valence-corrected chi connectivity index (χ3v) is 6.50. The second-order valence-corrected chi connectivity index (χ2v) is 8.59. The first kappa shape index (κ1) is 18.7. The third kappa shape index (κ3) is 2.74.